The summed E-state index contributed by atoms with van der Waals surface area (Å²) in [6.07, 6.45) is 4.37. The van der Waals surface area contributed by atoms with Gasteiger partial charge < -0.3 is 15.7 Å². The molecule has 1 saturated heterocycles. The van der Waals surface area contributed by atoms with Gasteiger partial charge in [0.1, 0.15) is 28.1 Å². The fraction of sp³-hybridized carbons (Fsp3) is 0.318. The molecule has 0 amide bonds. The highest BCUT2D eigenvalue weighted by molar-refractivity contribution is 7.13. The van der Waals surface area contributed by atoms with Crippen LogP contribution in [0.5, 0.6) is 5.75 Å². The summed E-state index contributed by atoms with van der Waals surface area (Å²) in [6.45, 7) is 3.70. The van der Waals surface area contributed by atoms with Crippen LogP contribution in [0.1, 0.15) is 29.4 Å². The van der Waals surface area contributed by atoms with Crippen LogP contribution >= 0.6 is 11.3 Å². The molecule has 0 bridgehead atoms. The number of carbonyl (C=O) groups is 1. The number of benzene rings is 1. The molecular formula is C22H22F2N4O2S. The number of nitrogens with zero attached hydrogens (tertiary/aromatic N) is 3. The minimum atomic E-state index is -0.934. The maximum absolute atomic E-state index is 14.1. The molecule has 9 heteroatoms. The number of anilines is 1. The number of piperidine rings is 1. The van der Waals surface area contributed by atoms with Crippen LogP contribution < -0.4 is 10.6 Å². The Bertz CT molecular complexity index is 1090. The van der Waals surface area contributed by atoms with Crippen molar-refractivity contribution < 1.29 is 18.7 Å². The molecule has 3 heterocycles. The van der Waals surface area contributed by atoms with Crippen LogP contribution in [0.4, 0.5) is 14.5 Å². The Morgan fingerprint density at radius 3 is 2.77 bits per heavy atom. The first-order chi connectivity index (χ1) is 14.8. The molecule has 162 valence electrons. The number of hydrogen-bond acceptors (Lipinski definition) is 7. The second kappa shape index (κ2) is 8.68. The molecule has 1 aliphatic rings. The quantitative estimate of drug-likeness (QED) is 0.582. The fourth-order valence-electron chi connectivity index (χ4n) is 4.01. The number of rotatable bonds is 5. The molecule has 2 aromatic heterocycles. The summed E-state index contributed by atoms with van der Waals surface area (Å²) in [5.74, 6) is -2.21. The first-order valence-electron chi connectivity index (χ1n) is 9.92. The first kappa shape index (κ1) is 21.3. The number of carbonyl (C=O) groups excluding carboxylic acids is 1. The van der Waals surface area contributed by atoms with Crippen LogP contribution in [0, 0.1) is 17.6 Å². The third-order valence-corrected chi connectivity index (χ3v) is 6.15. The molecule has 6 nitrogen and oxygen atoms in total. The lowest BCUT2D eigenvalue weighted by molar-refractivity contribution is 0.0989. The topological polar surface area (TPSA) is 92.3 Å². The van der Waals surface area contributed by atoms with Crippen molar-refractivity contribution in [1.29, 1.82) is 0 Å². The van der Waals surface area contributed by atoms with Crippen LogP contribution in [-0.2, 0) is 6.42 Å². The maximum atomic E-state index is 14.1. The summed E-state index contributed by atoms with van der Waals surface area (Å²) < 4.78 is 28.3. The SMILES string of the molecule is C[C@@H]1C[C@H](N)CN(c2ccncc2CC(=O)c2csc(-c3c(F)cc(O)cc3F)n2)C1. The number of nitrogens with two attached hydrogens (primary N) is 1. The molecule has 0 radical (unpaired) electrons. The zero-order valence-electron chi connectivity index (χ0n) is 16.9. The van der Waals surface area contributed by atoms with E-state index in [1.165, 1.54) is 5.38 Å². The third kappa shape index (κ3) is 4.57. The smallest absolute Gasteiger partial charge is 0.186 e. The molecule has 3 N–H and O–H groups in total. The van der Waals surface area contributed by atoms with Gasteiger partial charge in [-0.05, 0) is 18.4 Å². The van der Waals surface area contributed by atoms with Gasteiger partial charge in [0, 0.05) is 66.7 Å². The average molecular weight is 445 g/mol. The first-order valence-corrected chi connectivity index (χ1v) is 10.8. The Balaban J connectivity index is 1.57. The lowest BCUT2D eigenvalue weighted by Gasteiger charge is -2.37. The summed E-state index contributed by atoms with van der Waals surface area (Å²) in [6, 6.07) is 3.57. The van der Waals surface area contributed by atoms with Crippen molar-refractivity contribution in [1.82, 2.24) is 9.97 Å². The van der Waals surface area contributed by atoms with Crippen molar-refractivity contribution in [3.05, 3.63) is 58.9 Å². The number of phenolic OH excluding ortho intramolecular Hbond substituents is 1. The summed E-state index contributed by atoms with van der Waals surface area (Å²) in [5.41, 5.74) is 7.61. The molecule has 2 atom stereocenters. The van der Waals surface area contributed by atoms with Crippen molar-refractivity contribution in [2.24, 2.45) is 11.7 Å². The highest BCUT2D eigenvalue weighted by Crippen LogP contribution is 2.32. The van der Waals surface area contributed by atoms with E-state index in [-0.39, 0.29) is 34.5 Å². The van der Waals surface area contributed by atoms with Crippen LogP contribution in [0.25, 0.3) is 10.6 Å². The van der Waals surface area contributed by atoms with Gasteiger partial charge in [0.25, 0.3) is 0 Å². The van der Waals surface area contributed by atoms with Gasteiger partial charge in [0.15, 0.2) is 5.78 Å². The van der Waals surface area contributed by atoms with E-state index in [2.05, 4.69) is 21.8 Å². The fourth-order valence-corrected chi connectivity index (χ4v) is 4.88. The lowest BCUT2D eigenvalue weighted by Crippen LogP contribution is -2.46. The van der Waals surface area contributed by atoms with E-state index in [4.69, 9.17) is 5.73 Å². The van der Waals surface area contributed by atoms with Crippen molar-refractivity contribution in [2.75, 3.05) is 18.0 Å². The number of halogens is 2. The van der Waals surface area contributed by atoms with Gasteiger partial charge >= 0.3 is 0 Å². The second-order valence-corrected chi connectivity index (χ2v) is 8.79. The molecule has 0 spiro atoms. The Morgan fingerprint density at radius 1 is 1.32 bits per heavy atom. The number of phenols is 1. The molecule has 31 heavy (non-hydrogen) atoms. The summed E-state index contributed by atoms with van der Waals surface area (Å²) >= 11 is 0.972. The van der Waals surface area contributed by atoms with E-state index in [1.54, 1.807) is 12.4 Å². The Labute approximate surface area is 182 Å². The molecule has 0 saturated carbocycles. The Morgan fingerprint density at radius 2 is 2.06 bits per heavy atom. The zero-order valence-corrected chi connectivity index (χ0v) is 17.7. The number of pyridine rings is 1. The van der Waals surface area contributed by atoms with Gasteiger partial charge in [-0.3, -0.25) is 9.78 Å². The number of thiazole rings is 1. The monoisotopic (exact) mass is 444 g/mol. The molecule has 1 aliphatic heterocycles. The number of hydrogen-bond donors (Lipinski definition) is 2. The van der Waals surface area contributed by atoms with Crippen molar-refractivity contribution in [3.8, 4) is 16.3 Å². The van der Waals surface area contributed by atoms with Crippen LogP contribution in [-0.4, -0.2) is 40.0 Å². The molecular weight excluding hydrogens is 422 g/mol. The summed E-state index contributed by atoms with van der Waals surface area (Å²) in [4.78, 5) is 23.4. The van der Waals surface area contributed by atoms with Crippen molar-refractivity contribution in [2.45, 2.75) is 25.8 Å². The Hall–Kier alpha value is -2.91. The van der Waals surface area contributed by atoms with Crippen LogP contribution in [0.3, 0.4) is 0 Å². The second-order valence-electron chi connectivity index (χ2n) is 7.93. The highest BCUT2D eigenvalue weighted by Gasteiger charge is 2.25. The largest absolute Gasteiger partial charge is 0.508 e. The standard InChI is InChI=1S/C22H22F2N4O2S/c1-12-4-14(25)10-28(9-12)19-2-3-26-8-13(19)5-20(30)18-11-31-22(27-18)21-16(23)6-15(29)7-17(21)24/h2-3,6-8,11-12,14,29H,4-5,9-10,25H2,1H3/t12-,14+/m1/s1. The van der Waals surface area contributed by atoms with Gasteiger partial charge in [-0.2, -0.15) is 0 Å². The normalized spacial score (nSPS) is 18.9. The number of aromatic nitrogens is 2. The van der Waals surface area contributed by atoms with Crippen molar-refractivity contribution >= 4 is 22.8 Å². The van der Waals surface area contributed by atoms with Crippen LogP contribution in [0.2, 0.25) is 0 Å². The van der Waals surface area contributed by atoms with E-state index in [0.29, 0.717) is 12.5 Å². The molecule has 0 unspecified atom stereocenters. The van der Waals surface area contributed by atoms with E-state index in [9.17, 15) is 18.7 Å². The van der Waals surface area contributed by atoms with E-state index >= 15 is 0 Å². The zero-order chi connectivity index (χ0) is 22.1. The summed E-state index contributed by atoms with van der Waals surface area (Å²) in [7, 11) is 0. The molecule has 3 aromatic rings. The Kier molecular flexibility index (Phi) is 5.97. The van der Waals surface area contributed by atoms with Gasteiger partial charge in [0.05, 0.1) is 5.56 Å². The van der Waals surface area contributed by atoms with Gasteiger partial charge in [0.2, 0.25) is 0 Å². The number of Topliss-reactive ketones (excluding diaryl/α,β-unsaturated/α-hetero) is 1. The average Bonchev–Trinajstić information content (AvgIpc) is 3.16. The number of aromatic hydroxyl groups is 1. The minimum absolute atomic E-state index is 0.0422. The van der Waals surface area contributed by atoms with Crippen LogP contribution in [0.15, 0.2) is 36.0 Å². The molecule has 1 fully saturated rings. The maximum Gasteiger partial charge on any atom is 0.186 e. The molecule has 0 aliphatic carbocycles. The predicted octanol–water partition coefficient (Wildman–Crippen LogP) is 3.79. The van der Waals surface area contributed by atoms with E-state index in [1.807, 2.05) is 6.07 Å². The third-order valence-electron chi connectivity index (χ3n) is 5.29. The van der Waals surface area contributed by atoms with Crippen molar-refractivity contribution in [3.63, 3.8) is 0 Å². The number of ketones is 1. The lowest BCUT2D eigenvalue weighted by atomic mass is 9.95. The molecule has 1 aromatic carbocycles. The summed E-state index contributed by atoms with van der Waals surface area (Å²) in [5, 5.41) is 10.8. The highest BCUT2D eigenvalue weighted by atomic mass is 32.1. The molecule has 4 rings (SSSR count). The van der Waals surface area contributed by atoms with Gasteiger partial charge in [-0.1, -0.05) is 6.92 Å². The minimum Gasteiger partial charge on any atom is -0.508 e. The van der Waals surface area contributed by atoms with Gasteiger partial charge in [-0.25, -0.2) is 13.8 Å². The predicted molar refractivity (Wildman–Crippen MR) is 115 cm³/mol. The van der Waals surface area contributed by atoms with Gasteiger partial charge in [-0.15, -0.1) is 11.3 Å². The van der Waals surface area contributed by atoms with E-state index in [0.717, 1.165) is 47.7 Å². The van der Waals surface area contributed by atoms with E-state index < -0.39 is 17.4 Å².